The standard InChI is InChI=1S/C21H18FN5O6/c1-21(11-25-9-18(27(30)31)24-19(25)33-21)17-5-2-12(7-23-17)15-4-3-13(6-16(15)22)26-8-14(10-28)32-20(26)29/h2-7,9,14,28H,8,10-11H2,1H3/t14-,21?/m0/s1. The number of aliphatic hydroxyl groups is 1. The zero-order valence-electron chi connectivity index (χ0n) is 17.3. The largest absolute Gasteiger partial charge is 0.441 e. The number of halogens is 1. The minimum atomic E-state index is -0.877. The van der Waals surface area contributed by atoms with Gasteiger partial charge >= 0.3 is 17.9 Å². The number of aliphatic hydroxyl groups excluding tert-OH is 1. The normalized spacial score (nSPS) is 21.6. The minimum Gasteiger partial charge on any atom is -0.441 e. The van der Waals surface area contributed by atoms with E-state index in [2.05, 4.69) is 9.97 Å². The Morgan fingerprint density at radius 3 is 2.79 bits per heavy atom. The maximum absolute atomic E-state index is 14.9. The molecule has 4 heterocycles. The third-order valence-corrected chi connectivity index (χ3v) is 5.66. The van der Waals surface area contributed by atoms with Gasteiger partial charge in [-0.25, -0.2) is 9.18 Å². The molecule has 5 rings (SSSR count). The van der Waals surface area contributed by atoms with Crippen molar-refractivity contribution in [3.8, 4) is 17.1 Å². The zero-order valence-corrected chi connectivity index (χ0v) is 17.3. The highest BCUT2D eigenvalue weighted by molar-refractivity contribution is 5.90. The number of amides is 1. The van der Waals surface area contributed by atoms with Gasteiger partial charge in [-0.15, -0.1) is 0 Å². The van der Waals surface area contributed by atoms with Gasteiger partial charge in [0.25, 0.3) is 0 Å². The first-order valence-electron chi connectivity index (χ1n) is 10.0. The molecule has 33 heavy (non-hydrogen) atoms. The van der Waals surface area contributed by atoms with Crippen LogP contribution in [0.25, 0.3) is 11.1 Å². The molecule has 11 nitrogen and oxygen atoms in total. The SMILES string of the molecule is CC1(c2ccc(-c3ccc(N4C[C@@H](CO)OC4=O)cc3F)cn2)Cn2cc([N+](=O)[O-])nc2O1. The van der Waals surface area contributed by atoms with E-state index in [1.807, 2.05) is 0 Å². The lowest BCUT2D eigenvalue weighted by Gasteiger charge is -2.21. The number of imidazole rings is 1. The fourth-order valence-corrected chi connectivity index (χ4v) is 3.96. The van der Waals surface area contributed by atoms with Crippen LogP contribution in [0.2, 0.25) is 0 Å². The first kappa shape index (κ1) is 20.8. The molecular weight excluding hydrogens is 437 g/mol. The Kier molecular flexibility index (Phi) is 4.74. The molecule has 3 aromatic rings. The second-order valence-electron chi connectivity index (χ2n) is 7.99. The molecule has 0 spiro atoms. The van der Waals surface area contributed by atoms with Crippen LogP contribution >= 0.6 is 0 Å². The number of nitrogens with zero attached hydrogens (tertiary/aromatic N) is 5. The Labute approximate surface area is 186 Å². The molecule has 2 aliphatic heterocycles. The van der Waals surface area contributed by atoms with Gasteiger partial charge in [0.2, 0.25) is 0 Å². The predicted octanol–water partition coefficient (Wildman–Crippen LogP) is 2.62. The minimum absolute atomic E-state index is 0.139. The Hall–Kier alpha value is -4.06. The van der Waals surface area contributed by atoms with E-state index < -0.39 is 28.5 Å². The number of nitro groups is 1. The smallest absolute Gasteiger partial charge is 0.415 e. The van der Waals surface area contributed by atoms with Crippen LogP contribution in [0.15, 0.2) is 42.7 Å². The molecule has 0 aliphatic carbocycles. The van der Waals surface area contributed by atoms with Gasteiger partial charge in [0.1, 0.15) is 18.1 Å². The van der Waals surface area contributed by atoms with Gasteiger partial charge in [-0.2, -0.15) is 0 Å². The topological polar surface area (TPSA) is 133 Å². The van der Waals surface area contributed by atoms with E-state index in [1.54, 1.807) is 35.8 Å². The average Bonchev–Trinajstić information content (AvgIpc) is 3.45. The Balaban J connectivity index is 1.35. The molecule has 0 saturated carbocycles. The van der Waals surface area contributed by atoms with Crippen LogP contribution < -0.4 is 9.64 Å². The molecule has 1 N–H and O–H groups in total. The first-order chi connectivity index (χ1) is 15.8. The lowest BCUT2D eigenvalue weighted by atomic mass is 9.99. The summed E-state index contributed by atoms with van der Waals surface area (Å²) < 4.78 is 27.2. The third kappa shape index (κ3) is 3.53. The molecule has 0 radical (unpaired) electrons. The van der Waals surface area contributed by atoms with Crippen LogP contribution in [0.1, 0.15) is 12.6 Å². The van der Waals surface area contributed by atoms with Gasteiger partial charge in [0.05, 0.1) is 31.1 Å². The summed E-state index contributed by atoms with van der Waals surface area (Å²) in [6, 6.07) is 7.92. The number of rotatable bonds is 5. The van der Waals surface area contributed by atoms with Gasteiger partial charge in [0, 0.05) is 22.3 Å². The molecule has 1 fully saturated rings. The molecule has 1 saturated heterocycles. The van der Waals surface area contributed by atoms with Crippen molar-refractivity contribution in [2.24, 2.45) is 0 Å². The number of hydrogen-bond donors (Lipinski definition) is 1. The number of carbonyl (C=O) groups excluding carboxylic acids is 1. The van der Waals surface area contributed by atoms with E-state index in [0.717, 1.165) is 0 Å². The molecule has 2 aromatic heterocycles. The molecule has 1 amide bonds. The summed E-state index contributed by atoms with van der Waals surface area (Å²) in [5, 5.41) is 20.0. The summed E-state index contributed by atoms with van der Waals surface area (Å²) in [6.07, 6.45) is 1.55. The van der Waals surface area contributed by atoms with Crippen molar-refractivity contribution < 1.29 is 28.7 Å². The van der Waals surface area contributed by atoms with Crippen LogP contribution in [-0.2, 0) is 16.9 Å². The molecule has 1 aromatic carbocycles. The molecule has 2 aliphatic rings. The number of anilines is 1. The van der Waals surface area contributed by atoms with E-state index in [0.29, 0.717) is 29.1 Å². The molecule has 1 unspecified atom stereocenters. The predicted molar refractivity (Wildman–Crippen MR) is 111 cm³/mol. The summed E-state index contributed by atoms with van der Waals surface area (Å²) >= 11 is 0. The Morgan fingerprint density at radius 2 is 2.18 bits per heavy atom. The van der Waals surface area contributed by atoms with Crippen LogP contribution in [-0.4, -0.2) is 49.9 Å². The molecule has 12 heteroatoms. The van der Waals surface area contributed by atoms with Crippen molar-refractivity contribution in [1.29, 1.82) is 0 Å². The number of fused-ring (bicyclic) bond motifs is 1. The maximum atomic E-state index is 14.9. The van der Waals surface area contributed by atoms with Crippen molar-refractivity contribution >= 4 is 17.6 Å². The first-order valence-corrected chi connectivity index (χ1v) is 10.0. The number of cyclic esters (lactones) is 1. The number of benzene rings is 1. The van der Waals surface area contributed by atoms with Crippen molar-refractivity contribution in [3.05, 3.63) is 64.4 Å². The van der Waals surface area contributed by atoms with Crippen LogP contribution in [0, 0.1) is 15.9 Å². The lowest BCUT2D eigenvalue weighted by Crippen LogP contribution is -2.29. The second-order valence-corrected chi connectivity index (χ2v) is 7.99. The monoisotopic (exact) mass is 455 g/mol. The van der Waals surface area contributed by atoms with Gasteiger partial charge in [-0.1, -0.05) is 6.07 Å². The number of carbonyl (C=O) groups is 1. The molecule has 170 valence electrons. The van der Waals surface area contributed by atoms with E-state index in [4.69, 9.17) is 14.6 Å². The Morgan fingerprint density at radius 1 is 1.36 bits per heavy atom. The van der Waals surface area contributed by atoms with E-state index in [-0.39, 0.29) is 25.0 Å². The van der Waals surface area contributed by atoms with Gasteiger partial charge in [0.15, 0.2) is 5.60 Å². The number of aromatic nitrogens is 3. The van der Waals surface area contributed by atoms with E-state index in [1.165, 1.54) is 23.4 Å². The zero-order chi connectivity index (χ0) is 23.3. The number of hydrogen-bond acceptors (Lipinski definition) is 8. The highest BCUT2D eigenvalue weighted by atomic mass is 19.1. The Bertz CT molecular complexity index is 1240. The lowest BCUT2D eigenvalue weighted by molar-refractivity contribution is -0.389. The maximum Gasteiger partial charge on any atom is 0.415 e. The van der Waals surface area contributed by atoms with Crippen molar-refractivity contribution in [2.75, 3.05) is 18.1 Å². The molecular formula is C21H18FN5O6. The highest BCUT2D eigenvalue weighted by Gasteiger charge is 2.42. The number of ether oxygens (including phenoxy) is 2. The summed E-state index contributed by atoms with van der Waals surface area (Å²) in [7, 11) is 0. The van der Waals surface area contributed by atoms with Crippen molar-refractivity contribution in [3.63, 3.8) is 0 Å². The van der Waals surface area contributed by atoms with E-state index in [9.17, 15) is 19.3 Å². The van der Waals surface area contributed by atoms with Crippen molar-refractivity contribution in [2.45, 2.75) is 25.2 Å². The van der Waals surface area contributed by atoms with Gasteiger partial charge < -0.3 is 24.7 Å². The highest BCUT2D eigenvalue weighted by Crippen LogP contribution is 2.37. The quantitative estimate of drug-likeness (QED) is 0.459. The molecule has 0 bridgehead atoms. The fourth-order valence-electron chi connectivity index (χ4n) is 3.96. The van der Waals surface area contributed by atoms with Gasteiger partial charge in [-0.3, -0.25) is 14.5 Å². The van der Waals surface area contributed by atoms with Crippen LogP contribution in [0.3, 0.4) is 0 Å². The van der Waals surface area contributed by atoms with Gasteiger partial charge in [-0.05, 0) is 36.1 Å². The summed E-state index contributed by atoms with van der Waals surface area (Å²) in [6.45, 7) is 1.92. The molecule has 2 atom stereocenters. The van der Waals surface area contributed by atoms with Crippen LogP contribution in [0.5, 0.6) is 6.01 Å². The van der Waals surface area contributed by atoms with Crippen molar-refractivity contribution in [1.82, 2.24) is 14.5 Å². The number of pyridine rings is 1. The van der Waals surface area contributed by atoms with Crippen LogP contribution in [0.4, 0.5) is 20.7 Å². The van der Waals surface area contributed by atoms with E-state index >= 15 is 0 Å². The fraction of sp³-hybridized carbons (Fsp3) is 0.286. The summed E-state index contributed by atoms with van der Waals surface area (Å²) in [5.74, 6) is -0.832. The third-order valence-electron chi connectivity index (χ3n) is 5.66. The average molecular weight is 455 g/mol. The second kappa shape index (κ2) is 7.52. The summed E-state index contributed by atoms with van der Waals surface area (Å²) in [5.41, 5.74) is 0.834. The summed E-state index contributed by atoms with van der Waals surface area (Å²) in [4.78, 5) is 31.8.